The SMILES string of the molecule is C=CC[C@H]1OC(C)O[C@H](CCCCCC)[C@H]1C. The molecule has 0 aromatic rings. The van der Waals surface area contributed by atoms with Crippen LogP contribution in [0.1, 0.15) is 59.3 Å². The van der Waals surface area contributed by atoms with Crippen LogP contribution < -0.4 is 0 Å². The summed E-state index contributed by atoms with van der Waals surface area (Å²) in [6.07, 6.45) is 9.86. The molecule has 1 rings (SSSR count). The highest BCUT2D eigenvalue weighted by Gasteiger charge is 2.33. The standard InChI is InChI=1S/C15H28O2/c1-5-7-8-9-11-15-12(3)14(10-6-2)16-13(4)17-15/h6,12-15H,2,5,7-11H2,1,3-4H3/t12-,13?,14+,15+/m0/s1. The van der Waals surface area contributed by atoms with Crippen LogP contribution in [0.2, 0.25) is 0 Å². The first-order valence-corrected chi connectivity index (χ1v) is 7.10. The maximum absolute atomic E-state index is 5.90. The molecule has 4 atom stereocenters. The van der Waals surface area contributed by atoms with E-state index in [0.29, 0.717) is 12.0 Å². The highest BCUT2D eigenvalue weighted by atomic mass is 16.7. The molecule has 0 aliphatic carbocycles. The van der Waals surface area contributed by atoms with Crippen molar-refractivity contribution in [2.75, 3.05) is 0 Å². The van der Waals surface area contributed by atoms with Crippen LogP contribution in [-0.2, 0) is 9.47 Å². The lowest BCUT2D eigenvalue weighted by Crippen LogP contribution is -2.43. The minimum absolute atomic E-state index is 0.0627. The van der Waals surface area contributed by atoms with Gasteiger partial charge in [0.1, 0.15) is 0 Å². The summed E-state index contributed by atoms with van der Waals surface area (Å²) in [5.41, 5.74) is 0. The molecule has 1 unspecified atom stereocenters. The van der Waals surface area contributed by atoms with Crippen molar-refractivity contribution in [3.8, 4) is 0 Å². The molecule has 2 heteroatoms. The lowest BCUT2D eigenvalue weighted by atomic mass is 9.91. The van der Waals surface area contributed by atoms with E-state index in [0.717, 1.165) is 6.42 Å². The highest BCUT2D eigenvalue weighted by Crippen LogP contribution is 2.29. The van der Waals surface area contributed by atoms with Crippen LogP contribution in [0.25, 0.3) is 0 Å². The number of unbranched alkanes of at least 4 members (excludes halogenated alkanes) is 3. The van der Waals surface area contributed by atoms with E-state index in [1.165, 1.54) is 32.1 Å². The van der Waals surface area contributed by atoms with Gasteiger partial charge in [0.2, 0.25) is 0 Å². The third kappa shape index (κ3) is 4.81. The van der Waals surface area contributed by atoms with Crippen molar-refractivity contribution in [2.45, 2.75) is 77.8 Å². The van der Waals surface area contributed by atoms with Gasteiger partial charge in [-0.05, 0) is 19.8 Å². The van der Waals surface area contributed by atoms with Crippen LogP contribution in [0.3, 0.4) is 0 Å². The van der Waals surface area contributed by atoms with Crippen LogP contribution in [-0.4, -0.2) is 18.5 Å². The third-order valence-electron chi connectivity index (χ3n) is 3.65. The van der Waals surface area contributed by atoms with Gasteiger partial charge in [-0.3, -0.25) is 0 Å². The van der Waals surface area contributed by atoms with Crippen LogP contribution in [0.15, 0.2) is 12.7 Å². The molecule has 1 aliphatic rings. The zero-order valence-electron chi connectivity index (χ0n) is 11.7. The third-order valence-corrected chi connectivity index (χ3v) is 3.65. The quantitative estimate of drug-likeness (QED) is 0.488. The summed E-state index contributed by atoms with van der Waals surface area (Å²) in [7, 11) is 0. The molecule has 0 amide bonds. The van der Waals surface area contributed by atoms with Gasteiger partial charge in [-0.2, -0.15) is 0 Å². The average molecular weight is 240 g/mol. The molecule has 1 fully saturated rings. The van der Waals surface area contributed by atoms with Gasteiger partial charge in [0.25, 0.3) is 0 Å². The molecule has 1 saturated heterocycles. The summed E-state index contributed by atoms with van der Waals surface area (Å²) < 4.78 is 11.7. The minimum atomic E-state index is -0.0627. The van der Waals surface area contributed by atoms with Crippen molar-refractivity contribution in [1.29, 1.82) is 0 Å². The number of ether oxygens (including phenoxy) is 2. The number of rotatable bonds is 7. The summed E-state index contributed by atoms with van der Waals surface area (Å²) >= 11 is 0. The van der Waals surface area contributed by atoms with Crippen LogP contribution in [0, 0.1) is 5.92 Å². The predicted molar refractivity (Wildman–Crippen MR) is 71.9 cm³/mol. The Kier molecular flexibility index (Phi) is 6.83. The lowest BCUT2D eigenvalue weighted by molar-refractivity contribution is -0.257. The second-order valence-electron chi connectivity index (χ2n) is 5.15. The largest absolute Gasteiger partial charge is 0.349 e. The zero-order valence-corrected chi connectivity index (χ0v) is 11.7. The fourth-order valence-corrected chi connectivity index (χ4v) is 2.55. The molecule has 2 nitrogen and oxygen atoms in total. The molecule has 0 aromatic heterocycles. The summed E-state index contributed by atoms with van der Waals surface area (Å²) in [6.45, 7) is 10.3. The number of hydrogen-bond acceptors (Lipinski definition) is 2. The van der Waals surface area contributed by atoms with E-state index < -0.39 is 0 Å². The first-order chi connectivity index (χ1) is 8.19. The van der Waals surface area contributed by atoms with Crippen molar-refractivity contribution < 1.29 is 9.47 Å². The molecule has 0 saturated carbocycles. The van der Waals surface area contributed by atoms with E-state index in [-0.39, 0.29) is 12.4 Å². The molecular formula is C15H28O2. The van der Waals surface area contributed by atoms with Gasteiger partial charge in [-0.15, -0.1) is 6.58 Å². The van der Waals surface area contributed by atoms with Gasteiger partial charge in [0.05, 0.1) is 12.2 Å². The molecule has 1 aliphatic heterocycles. The smallest absolute Gasteiger partial charge is 0.155 e. The van der Waals surface area contributed by atoms with Crippen molar-refractivity contribution in [1.82, 2.24) is 0 Å². The molecule has 17 heavy (non-hydrogen) atoms. The van der Waals surface area contributed by atoms with E-state index in [4.69, 9.17) is 9.47 Å². The van der Waals surface area contributed by atoms with Crippen LogP contribution in [0.4, 0.5) is 0 Å². The molecule has 0 spiro atoms. The van der Waals surface area contributed by atoms with Gasteiger partial charge in [-0.1, -0.05) is 45.6 Å². The first kappa shape index (κ1) is 14.7. The first-order valence-electron chi connectivity index (χ1n) is 7.10. The van der Waals surface area contributed by atoms with E-state index in [1.54, 1.807) is 0 Å². The summed E-state index contributed by atoms with van der Waals surface area (Å²) in [6, 6.07) is 0. The Morgan fingerprint density at radius 3 is 2.41 bits per heavy atom. The Labute approximate surface area is 106 Å². The van der Waals surface area contributed by atoms with Gasteiger partial charge in [-0.25, -0.2) is 0 Å². The van der Waals surface area contributed by atoms with Gasteiger partial charge in [0, 0.05) is 5.92 Å². The van der Waals surface area contributed by atoms with E-state index in [2.05, 4.69) is 20.4 Å². The minimum Gasteiger partial charge on any atom is -0.349 e. The Morgan fingerprint density at radius 2 is 1.76 bits per heavy atom. The van der Waals surface area contributed by atoms with Crippen molar-refractivity contribution in [2.24, 2.45) is 5.92 Å². The predicted octanol–water partition coefficient (Wildman–Crippen LogP) is 4.30. The Morgan fingerprint density at radius 1 is 1.06 bits per heavy atom. The highest BCUT2D eigenvalue weighted by molar-refractivity contribution is 4.84. The number of hydrogen-bond donors (Lipinski definition) is 0. The second-order valence-corrected chi connectivity index (χ2v) is 5.15. The molecule has 0 aromatic carbocycles. The van der Waals surface area contributed by atoms with Crippen LogP contribution in [0.5, 0.6) is 0 Å². The fourth-order valence-electron chi connectivity index (χ4n) is 2.55. The van der Waals surface area contributed by atoms with Gasteiger partial charge in [0.15, 0.2) is 6.29 Å². The Hall–Kier alpha value is -0.340. The normalized spacial score (nSPS) is 33.6. The molecule has 0 N–H and O–H groups in total. The van der Waals surface area contributed by atoms with Crippen molar-refractivity contribution in [3.63, 3.8) is 0 Å². The topological polar surface area (TPSA) is 18.5 Å². The zero-order chi connectivity index (χ0) is 12.7. The average Bonchev–Trinajstić information content (AvgIpc) is 2.30. The summed E-state index contributed by atoms with van der Waals surface area (Å²) in [4.78, 5) is 0. The molecule has 0 radical (unpaired) electrons. The van der Waals surface area contributed by atoms with Crippen LogP contribution >= 0.6 is 0 Å². The maximum atomic E-state index is 5.90. The molecular weight excluding hydrogens is 212 g/mol. The maximum Gasteiger partial charge on any atom is 0.155 e. The molecule has 100 valence electrons. The van der Waals surface area contributed by atoms with Gasteiger partial charge >= 0.3 is 0 Å². The van der Waals surface area contributed by atoms with Crippen molar-refractivity contribution in [3.05, 3.63) is 12.7 Å². The van der Waals surface area contributed by atoms with Crippen molar-refractivity contribution >= 4 is 0 Å². The fraction of sp³-hybridized carbons (Fsp3) is 0.867. The van der Waals surface area contributed by atoms with Gasteiger partial charge < -0.3 is 9.47 Å². The monoisotopic (exact) mass is 240 g/mol. The molecule has 0 bridgehead atoms. The Bertz CT molecular complexity index is 215. The molecule has 1 heterocycles. The van der Waals surface area contributed by atoms with E-state index in [9.17, 15) is 0 Å². The Balaban J connectivity index is 2.37. The summed E-state index contributed by atoms with van der Waals surface area (Å²) in [5, 5.41) is 0. The van der Waals surface area contributed by atoms with E-state index >= 15 is 0 Å². The second kappa shape index (κ2) is 7.88. The van der Waals surface area contributed by atoms with E-state index in [1.807, 2.05) is 13.0 Å². The lowest BCUT2D eigenvalue weighted by Gasteiger charge is -2.39. The summed E-state index contributed by atoms with van der Waals surface area (Å²) in [5.74, 6) is 0.478.